The first kappa shape index (κ1) is 20.4. The molecule has 2 aromatic rings. The van der Waals surface area contributed by atoms with Crippen molar-refractivity contribution in [3.63, 3.8) is 0 Å². The van der Waals surface area contributed by atoms with E-state index < -0.39 is 15.9 Å². The van der Waals surface area contributed by atoms with Gasteiger partial charge in [0.2, 0.25) is 21.8 Å². The van der Waals surface area contributed by atoms with E-state index in [1.54, 1.807) is 24.3 Å². The molecular formula is C19H23N3O4S. The number of rotatable bonds is 6. The summed E-state index contributed by atoms with van der Waals surface area (Å²) in [7, 11) is -3.68. The highest BCUT2D eigenvalue weighted by atomic mass is 32.2. The normalized spacial score (nSPS) is 11.0. The number of hydrogen-bond donors (Lipinski definition) is 2. The van der Waals surface area contributed by atoms with Crippen LogP contribution in [0.3, 0.4) is 0 Å². The Balaban J connectivity index is 2.22. The molecule has 0 spiro atoms. The molecule has 2 aromatic carbocycles. The van der Waals surface area contributed by atoms with Gasteiger partial charge in [0.15, 0.2) is 0 Å². The second kappa shape index (κ2) is 8.22. The van der Waals surface area contributed by atoms with Gasteiger partial charge in [0, 0.05) is 18.3 Å². The summed E-state index contributed by atoms with van der Waals surface area (Å²) in [6, 6.07) is 11.9. The number of amides is 2. The minimum atomic E-state index is -3.68. The second-order valence-corrected chi connectivity index (χ2v) is 8.22. The Morgan fingerprint density at radius 3 is 2.00 bits per heavy atom. The van der Waals surface area contributed by atoms with E-state index in [0.717, 1.165) is 21.7 Å². The Morgan fingerprint density at radius 1 is 0.963 bits per heavy atom. The van der Waals surface area contributed by atoms with Crippen molar-refractivity contribution in [3.05, 3.63) is 53.6 Å². The van der Waals surface area contributed by atoms with Crippen molar-refractivity contribution in [2.45, 2.75) is 20.8 Å². The fraction of sp³-hybridized carbons (Fsp3) is 0.263. The lowest BCUT2D eigenvalue weighted by molar-refractivity contribution is -0.115. The Morgan fingerprint density at radius 2 is 1.52 bits per heavy atom. The quantitative estimate of drug-likeness (QED) is 0.794. The van der Waals surface area contributed by atoms with Crippen molar-refractivity contribution in [3.8, 4) is 0 Å². The standard InChI is InChI=1S/C19H23N3O4S/c1-13-6-5-7-14(2)19(13)21-18(24)12-22(27(4,25)26)17-10-8-16(9-11-17)20-15(3)23/h5-11H,12H2,1-4H3,(H,20,23)(H,21,24). The number of nitrogens with one attached hydrogen (secondary N) is 2. The number of carbonyl (C=O) groups is 2. The Hall–Kier alpha value is -2.87. The van der Waals surface area contributed by atoms with Crippen LogP contribution in [0, 0.1) is 13.8 Å². The van der Waals surface area contributed by atoms with Gasteiger partial charge in [-0.1, -0.05) is 18.2 Å². The van der Waals surface area contributed by atoms with E-state index >= 15 is 0 Å². The molecule has 27 heavy (non-hydrogen) atoms. The average Bonchev–Trinajstić information content (AvgIpc) is 2.55. The summed E-state index contributed by atoms with van der Waals surface area (Å²) in [5, 5.41) is 5.40. The molecule has 0 aromatic heterocycles. The average molecular weight is 389 g/mol. The molecule has 0 saturated carbocycles. The molecule has 0 aliphatic heterocycles. The zero-order chi connectivity index (χ0) is 20.2. The van der Waals surface area contributed by atoms with Crippen molar-refractivity contribution >= 4 is 38.9 Å². The van der Waals surface area contributed by atoms with E-state index in [0.29, 0.717) is 17.1 Å². The zero-order valence-corrected chi connectivity index (χ0v) is 16.6. The van der Waals surface area contributed by atoms with E-state index in [1.807, 2.05) is 32.0 Å². The number of hydrogen-bond acceptors (Lipinski definition) is 4. The minimum Gasteiger partial charge on any atom is -0.326 e. The van der Waals surface area contributed by atoms with Crippen LogP contribution in [0.15, 0.2) is 42.5 Å². The third-order valence-electron chi connectivity index (χ3n) is 3.91. The fourth-order valence-corrected chi connectivity index (χ4v) is 3.49. The summed E-state index contributed by atoms with van der Waals surface area (Å²) in [4.78, 5) is 23.6. The van der Waals surface area contributed by atoms with E-state index in [1.165, 1.54) is 6.92 Å². The summed E-state index contributed by atoms with van der Waals surface area (Å²) < 4.78 is 25.4. The van der Waals surface area contributed by atoms with E-state index in [-0.39, 0.29) is 12.5 Å². The first-order valence-corrected chi connectivity index (χ1v) is 10.1. The van der Waals surface area contributed by atoms with Crippen LogP contribution in [-0.4, -0.2) is 33.0 Å². The van der Waals surface area contributed by atoms with Gasteiger partial charge in [-0.05, 0) is 49.2 Å². The number of sulfonamides is 1. The third-order valence-corrected chi connectivity index (χ3v) is 5.05. The lowest BCUT2D eigenvalue weighted by Crippen LogP contribution is -2.37. The van der Waals surface area contributed by atoms with Gasteiger partial charge >= 0.3 is 0 Å². The molecule has 0 aliphatic rings. The van der Waals surface area contributed by atoms with E-state index in [9.17, 15) is 18.0 Å². The van der Waals surface area contributed by atoms with Crippen LogP contribution < -0.4 is 14.9 Å². The maximum Gasteiger partial charge on any atom is 0.245 e. The van der Waals surface area contributed by atoms with Gasteiger partial charge < -0.3 is 10.6 Å². The van der Waals surface area contributed by atoms with Gasteiger partial charge in [-0.25, -0.2) is 8.42 Å². The summed E-state index contributed by atoms with van der Waals surface area (Å²) in [6.07, 6.45) is 1.04. The molecule has 7 nitrogen and oxygen atoms in total. The Kier molecular flexibility index (Phi) is 6.22. The number of carbonyl (C=O) groups excluding carboxylic acids is 2. The molecule has 0 atom stereocenters. The topological polar surface area (TPSA) is 95.6 Å². The highest BCUT2D eigenvalue weighted by Crippen LogP contribution is 2.22. The van der Waals surface area contributed by atoms with Crippen molar-refractivity contribution in [1.29, 1.82) is 0 Å². The van der Waals surface area contributed by atoms with Crippen LogP contribution in [-0.2, 0) is 19.6 Å². The number of para-hydroxylation sites is 1. The predicted molar refractivity (Wildman–Crippen MR) is 107 cm³/mol. The number of benzene rings is 2. The monoisotopic (exact) mass is 389 g/mol. The molecule has 0 fully saturated rings. The molecule has 0 unspecified atom stereocenters. The molecular weight excluding hydrogens is 366 g/mol. The molecule has 144 valence electrons. The largest absolute Gasteiger partial charge is 0.326 e. The molecule has 2 amide bonds. The van der Waals surface area contributed by atoms with Gasteiger partial charge in [-0.15, -0.1) is 0 Å². The van der Waals surface area contributed by atoms with Gasteiger partial charge in [-0.2, -0.15) is 0 Å². The van der Waals surface area contributed by atoms with Crippen molar-refractivity contribution in [2.75, 3.05) is 27.7 Å². The third kappa shape index (κ3) is 5.55. The molecule has 2 rings (SSSR count). The maximum absolute atomic E-state index is 12.5. The van der Waals surface area contributed by atoms with Crippen molar-refractivity contribution < 1.29 is 18.0 Å². The van der Waals surface area contributed by atoms with Crippen LogP contribution >= 0.6 is 0 Å². The second-order valence-electron chi connectivity index (χ2n) is 6.31. The summed E-state index contributed by atoms with van der Waals surface area (Å²) in [6.45, 7) is 4.77. The predicted octanol–water partition coefficient (Wildman–Crippen LogP) is 2.67. The number of anilines is 3. The van der Waals surface area contributed by atoms with Crippen LogP contribution in [0.2, 0.25) is 0 Å². The number of aryl methyl sites for hydroxylation is 2. The van der Waals surface area contributed by atoms with Gasteiger partial charge in [-0.3, -0.25) is 13.9 Å². The van der Waals surface area contributed by atoms with Crippen LogP contribution in [0.4, 0.5) is 17.1 Å². The summed E-state index contributed by atoms with van der Waals surface area (Å²) in [5.74, 6) is -0.667. The van der Waals surface area contributed by atoms with Crippen molar-refractivity contribution in [1.82, 2.24) is 0 Å². The SMILES string of the molecule is CC(=O)Nc1ccc(N(CC(=O)Nc2c(C)cccc2C)S(C)(=O)=O)cc1. The summed E-state index contributed by atoms with van der Waals surface area (Å²) >= 11 is 0. The molecule has 0 radical (unpaired) electrons. The van der Waals surface area contributed by atoms with Crippen LogP contribution in [0.25, 0.3) is 0 Å². The lowest BCUT2D eigenvalue weighted by atomic mass is 10.1. The van der Waals surface area contributed by atoms with Gasteiger partial charge in [0.25, 0.3) is 0 Å². The molecule has 0 bridgehead atoms. The summed E-state index contributed by atoms with van der Waals surface area (Å²) in [5.41, 5.74) is 3.35. The Bertz CT molecular complexity index is 933. The highest BCUT2D eigenvalue weighted by Gasteiger charge is 2.21. The molecule has 0 heterocycles. The molecule has 2 N–H and O–H groups in total. The van der Waals surface area contributed by atoms with Gasteiger partial charge in [0.05, 0.1) is 11.9 Å². The van der Waals surface area contributed by atoms with Crippen LogP contribution in [0.1, 0.15) is 18.1 Å². The molecule has 0 saturated heterocycles. The molecule has 8 heteroatoms. The molecule has 0 aliphatic carbocycles. The first-order chi connectivity index (χ1) is 12.6. The van der Waals surface area contributed by atoms with Crippen LogP contribution in [0.5, 0.6) is 0 Å². The maximum atomic E-state index is 12.5. The zero-order valence-electron chi connectivity index (χ0n) is 15.7. The van der Waals surface area contributed by atoms with Gasteiger partial charge in [0.1, 0.15) is 6.54 Å². The first-order valence-electron chi connectivity index (χ1n) is 8.29. The van der Waals surface area contributed by atoms with E-state index in [4.69, 9.17) is 0 Å². The van der Waals surface area contributed by atoms with Crippen molar-refractivity contribution in [2.24, 2.45) is 0 Å². The number of nitrogens with zero attached hydrogens (tertiary/aromatic N) is 1. The Labute approximate surface area is 159 Å². The fourth-order valence-electron chi connectivity index (χ4n) is 2.64. The smallest absolute Gasteiger partial charge is 0.245 e. The minimum absolute atomic E-state index is 0.226. The lowest BCUT2D eigenvalue weighted by Gasteiger charge is -2.22. The van der Waals surface area contributed by atoms with E-state index in [2.05, 4.69) is 10.6 Å². The highest BCUT2D eigenvalue weighted by molar-refractivity contribution is 7.92.